The Balaban J connectivity index is 1.94. The summed E-state index contributed by atoms with van der Waals surface area (Å²) in [6, 6.07) is 10.8. The summed E-state index contributed by atoms with van der Waals surface area (Å²) in [6.45, 7) is 0. The minimum absolute atomic E-state index is 0.784. The monoisotopic (exact) mass is 219 g/mol. The third-order valence-corrected chi connectivity index (χ3v) is 3.86. The standard InChI is InChI=1S/C16H13N/c1-4-13(12-3-2-8-17-10-12)15-7-6-11-9-16(11)14(15)5-1/h1-8,10-11,16H,9H2. The van der Waals surface area contributed by atoms with Crippen LogP contribution in [0.15, 0.2) is 48.8 Å². The highest BCUT2D eigenvalue weighted by atomic mass is 14.6. The van der Waals surface area contributed by atoms with Crippen molar-refractivity contribution in [1.82, 2.24) is 4.98 Å². The van der Waals surface area contributed by atoms with E-state index in [-0.39, 0.29) is 0 Å². The van der Waals surface area contributed by atoms with Gasteiger partial charge in [0, 0.05) is 18.0 Å². The summed E-state index contributed by atoms with van der Waals surface area (Å²) >= 11 is 0. The van der Waals surface area contributed by atoms with Gasteiger partial charge < -0.3 is 0 Å². The van der Waals surface area contributed by atoms with Crippen molar-refractivity contribution in [1.29, 1.82) is 0 Å². The van der Waals surface area contributed by atoms with Gasteiger partial charge in [0.25, 0.3) is 0 Å². The van der Waals surface area contributed by atoms with Gasteiger partial charge in [0.1, 0.15) is 0 Å². The highest BCUT2D eigenvalue weighted by molar-refractivity contribution is 5.79. The number of rotatable bonds is 1. The van der Waals surface area contributed by atoms with Crippen molar-refractivity contribution in [3.05, 3.63) is 59.9 Å². The summed E-state index contributed by atoms with van der Waals surface area (Å²) in [5.74, 6) is 1.60. The zero-order valence-corrected chi connectivity index (χ0v) is 9.51. The molecular formula is C16H13N. The lowest BCUT2D eigenvalue weighted by molar-refractivity contribution is 0.996. The van der Waals surface area contributed by atoms with E-state index < -0.39 is 0 Å². The van der Waals surface area contributed by atoms with Crippen LogP contribution in [0.1, 0.15) is 23.5 Å². The molecule has 82 valence electrons. The summed E-state index contributed by atoms with van der Waals surface area (Å²) < 4.78 is 0. The van der Waals surface area contributed by atoms with Crippen molar-refractivity contribution in [3.8, 4) is 11.1 Å². The molecule has 2 atom stereocenters. The van der Waals surface area contributed by atoms with Crippen LogP contribution in [0, 0.1) is 5.92 Å². The molecule has 0 saturated heterocycles. The second-order valence-electron chi connectivity index (χ2n) is 4.92. The van der Waals surface area contributed by atoms with Gasteiger partial charge in [0.15, 0.2) is 0 Å². The average Bonchev–Trinajstić information content (AvgIpc) is 3.19. The van der Waals surface area contributed by atoms with Gasteiger partial charge in [-0.3, -0.25) is 4.98 Å². The van der Waals surface area contributed by atoms with Gasteiger partial charge >= 0.3 is 0 Å². The van der Waals surface area contributed by atoms with Crippen LogP contribution in [-0.2, 0) is 0 Å². The molecular weight excluding hydrogens is 206 g/mol. The first-order valence-corrected chi connectivity index (χ1v) is 6.15. The van der Waals surface area contributed by atoms with Gasteiger partial charge in [-0.1, -0.05) is 36.4 Å². The fourth-order valence-corrected chi connectivity index (χ4v) is 2.87. The largest absolute Gasteiger partial charge is 0.264 e. The Kier molecular flexibility index (Phi) is 1.78. The van der Waals surface area contributed by atoms with Gasteiger partial charge in [0.2, 0.25) is 0 Å². The molecule has 0 amide bonds. The van der Waals surface area contributed by atoms with Crippen molar-refractivity contribution in [2.45, 2.75) is 12.3 Å². The highest BCUT2D eigenvalue weighted by Crippen LogP contribution is 2.53. The van der Waals surface area contributed by atoms with E-state index in [0.29, 0.717) is 0 Å². The van der Waals surface area contributed by atoms with E-state index in [1.807, 2.05) is 18.5 Å². The number of allylic oxidation sites excluding steroid dienone is 1. The lowest BCUT2D eigenvalue weighted by Gasteiger charge is -2.14. The van der Waals surface area contributed by atoms with E-state index in [4.69, 9.17) is 0 Å². The molecule has 17 heavy (non-hydrogen) atoms. The molecule has 0 radical (unpaired) electrons. The topological polar surface area (TPSA) is 12.9 Å². The maximum atomic E-state index is 4.22. The van der Waals surface area contributed by atoms with Crippen LogP contribution in [0.3, 0.4) is 0 Å². The lowest BCUT2D eigenvalue weighted by atomic mass is 9.90. The first kappa shape index (κ1) is 9.17. The molecule has 1 heteroatoms. The molecule has 1 aromatic heterocycles. The second kappa shape index (κ2) is 3.30. The van der Waals surface area contributed by atoms with Crippen LogP contribution in [0.5, 0.6) is 0 Å². The molecule has 2 aliphatic rings. The molecule has 1 aromatic carbocycles. The molecule has 2 aromatic rings. The highest BCUT2D eigenvalue weighted by Gasteiger charge is 2.39. The number of fused-ring (bicyclic) bond motifs is 3. The van der Waals surface area contributed by atoms with Crippen LogP contribution in [-0.4, -0.2) is 4.98 Å². The molecule has 2 unspecified atom stereocenters. The smallest absolute Gasteiger partial charge is 0.0346 e. The number of nitrogens with zero attached hydrogens (tertiary/aromatic N) is 1. The van der Waals surface area contributed by atoms with E-state index in [0.717, 1.165) is 11.8 Å². The molecule has 1 nitrogen and oxygen atoms in total. The number of hydrogen-bond donors (Lipinski definition) is 0. The summed E-state index contributed by atoms with van der Waals surface area (Å²) in [5.41, 5.74) is 5.46. The predicted molar refractivity (Wildman–Crippen MR) is 69.6 cm³/mol. The lowest BCUT2D eigenvalue weighted by Crippen LogP contribution is -1.95. The molecule has 1 heterocycles. The maximum absolute atomic E-state index is 4.22. The molecule has 1 saturated carbocycles. The van der Waals surface area contributed by atoms with Crippen molar-refractivity contribution in [2.24, 2.45) is 5.92 Å². The molecule has 0 aliphatic heterocycles. The van der Waals surface area contributed by atoms with Crippen LogP contribution in [0.4, 0.5) is 0 Å². The van der Waals surface area contributed by atoms with E-state index in [1.165, 1.54) is 28.7 Å². The molecule has 2 aliphatic carbocycles. The Bertz CT molecular complexity index is 598. The van der Waals surface area contributed by atoms with E-state index >= 15 is 0 Å². The average molecular weight is 219 g/mol. The zero-order valence-electron chi connectivity index (χ0n) is 9.51. The Morgan fingerprint density at radius 2 is 2.12 bits per heavy atom. The first-order valence-electron chi connectivity index (χ1n) is 6.15. The minimum Gasteiger partial charge on any atom is -0.264 e. The van der Waals surface area contributed by atoms with E-state index in [9.17, 15) is 0 Å². The fraction of sp³-hybridized carbons (Fsp3) is 0.188. The zero-order chi connectivity index (χ0) is 11.2. The number of aromatic nitrogens is 1. The minimum atomic E-state index is 0.784. The Hall–Kier alpha value is -1.89. The van der Waals surface area contributed by atoms with Crippen molar-refractivity contribution in [3.63, 3.8) is 0 Å². The van der Waals surface area contributed by atoms with Gasteiger partial charge in [-0.05, 0) is 41.0 Å². The SMILES string of the molecule is C1=CC2CC2c2cccc(-c3cccnc3)c21. The summed E-state index contributed by atoms with van der Waals surface area (Å²) in [6.07, 6.45) is 9.77. The molecule has 0 N–H and O–H groups in total. The Labute approximate surface area is 101 Å². The summed E-state index contributed by atoms with van der Waals surface area (Å²) in [4.78, 5) is 4.22. The van der Waals surface area contributed by atoms with Crippen LogP contribution in [0.2, 0.25) is 0 Å². The van der Waals surface area contributed by atoms with Crippen LogP contribution < -0.4 is 0 Å². The van der Waals surface area contributed by atoms with Gasteiger partial charge in [-0.15, -0.1) is 0 Å². The maximum Gasteiger partial charge on any atom is 0.0346 e. The summed E-state index contributed by atoms with van der Waals surface area (Å²) in [5, 5.41) is 0. The molecule has 0 spiro atoms. The number of pyridine rings is 1. The fourth-order valence-electron chi connectivity index (χ4n) is 2.87. The molecule has 1 fully saturated rings. The quantitative estimate of drug-likeness (QED) is 0.709. The molecule has 0 bridgehead atoms. The first-order chi connectivity index (χ1) is 8.43. The predicted octanol–water partition coefficient (Wildman–Crippen LogP) is 3.88. The van der Waals surface area contributed by atoms with E-state index in [2.05, 4.69) is 41.4 Å². The van der Waals surface area contributed by atoms with Crippen molar-refractivity contribution in [2.75, 3.05) is 0 Å². The molecule has 4 rings (SSSR count). The van der Waals surface area contributed by atoms with Crippen LogP contribution >= 0.6 is 0 Å². The van der Waals surface area contributed by atoms with Gasteiger partial charge in [-0.2, -0.15) is 0 Å². The van der Waals surface area contributed by atoms with Gasteiger partial charge in [-0.25, -0.2) is 0 Å². The van der Waals surface area contributed by atoms with Crippen molar-refractivity contribution < 1.29 is 0 Å². The van der Waals surface area contributed by atoms with Crippen molar-refractivity contribution >= 4 is 6.08 Å². The van der Waals surface area contributed by atoms with Crippen LogP contribution in [0.25, 0.3) is 17.2 Å². The third-order valence-electron chi connectivity index (χ3n) is 3.86. The number of benzene rings is 1. The second-order valence-corrected chi connectivity index (χ2v) is 4.92. The number of hydrogen-bond acceptors (Lipinski definition) is 1. The third kappa shape index (κ3) is 1.35. The normalized spacial score (nSPS) is 24.0. The van der Waals surface area contributed by atoms with E-state index in [1.54, 1.807) is 0 Å². The Morgan fingerprint density at radius 3 is 3.00 bits per heavy atom. The summed E-state index contributed by atoms with van der Waals surface area (Å²) in [7, 11) is 0. The Morgan fingerprint density at radius 1 is 1.12 bits per heavy atom. The van der Waals surface area contributed by atoms with Gasteiger partial charge in [0.05, 0.1) is 0 Å².